The fraction of sp³-hybridized carbons (Fsp3) is 0.650. The number of hydrogen-bond donors (Lipinski definition) is 1. The maximum Gasteiger partial charge on any atom is 0.253 e. The third-order valence-corrected chi connectivity index (χ3v) is 5.71. The molecule has 1 aromatic rings. The van der Waals surface area contributed by atoms with Crippen LogP contribution in [0.15, 0.2) is 18.3 Å². The fourth-order valence-corrected chi connectivity index (χ4v) is 4.01. The zero-order chi connectivity index (χ0) is 19.4. The lowest BCUT2D eigenvalue weighted by Crippen LogP contribution is -2.54. The van der Waals surface area contributed by atoms with Gasteiger partial charge in [-0.2, -0.15) is 0 Å². The van der Waals surface area contributed by atoms with E-state index in [9.17, 15) is 9.59 Å². The Labute approximate surface area is 161 Å². The number of nitrogens with zero attached hydrogens (tertiary/aromatic N) is 3. The van der Waals surface area contributed by atoms with E-state index in [1.165, 1.54) is 13.3 Å². The number of hydrogen-bond acceptors (Lipinski definition) is 5. The number of nitrogens with one attached hydrogen (secondary N) is 1. The quantitative estimate of drug-likeness (QED) is 0.846. The normalized spacial score (nSPS) is 23.5. The largest absolute Gasteiger partial charge is 0.481 e. The average molecular weight is 374 g/mol. The minimum Gasteiger partial charge on any atom is -0.481 e. The Kier molecular flexibility index (Phi) is 6.31. The van der Waals surface area contributed by atoms with Gasteiger partial charge in [-0.15, -0.1) is 0 Å². The number of methoxy groups -OCH3 is 1. The summed E-state index contributed by atoms with van der Waals surface area (Å²) in [4.78, 5) is 34.0. The van der Waals surface area contributed by atoms with Crippen molar-refractivity contribution in [3.05, 3.63) is 23.9 Å². The molecule has 1 saturated carbocycles. The highest BCUT2D eigenvalue weighted by Gasteiger charge is 2.37. The summed E-state index contributed by atoms with van der Waals surface area (Å²) in [5, 5.41) is 3.05. The molecule has 1 aromatic heterocycles. The molecule has 0 aromatic carbocycles. The molecule has 2 aliphatic rings. The van der Waals surface area contributed by atoms with Crippen LogP contribution in [-0.2, 0) is 4.79 Å². The molecule has 2 atom stereocenters. The predicted molar refractivity (Wildman–Crippen MR) is 103 cm³/mol. The van der Waals surface area contributed by atoms with Crippen LogP contribution in [0.4, 0.5) is 0 Å². The molecule has 148 valence electrons. The van der Waals surface area contributed by atoms with Gasteiger partial charge >= 0.3 is 0 Å². The Balaban J connectivity index is 1.58. The number of aromatic nitrogens is 1. The second-order valence-corrected chi connectivity index (χ2v) is 7.66. The summed E-state index contributed by atoms with van der Waals surface area (Å²) in [5.41, 5.74) is 0.486. The molecule has 1 aliphatic heterocycles. The molecule has 3 rings (SSSR count). The minimum absolute atomic E-state index is 0.102. The molecule has 1 N–H and O–H groups in total. The highest BCUT2D eigenvalue weighted by Crippen LogP contribution is 2.28. The van der Waals surface area contributed by atoms with Crippen LogP contribution < -0.4 is 10.1 Å². The molecule has 27 heavy (non-hydrogen) atoms. The number of piperazine rings is 1. The van der Waals surface area contributed by atoms with Gasteiger partial charge in [0.1, 0.15) is 0 Å². The standard InChI is InChI=1S/C20H30N4O3/c1-14(2)23-9-11-24(12-10-23)20(26)16-5-4-6-17(16)22-19(25)15-7-8-18(27-3)21-13-15/h7-8,13-14,16-17H,4-6,9-12H2,1-3H3,(H,22,25)/t16-,17+/m0/s1. The van der Waals surface area contributed by atoms with Crippen molar-refractivity contribution in [2.75, 3.05) is 33.3 Å². The van der Waals surface area contributed by atoms with Gasteiger partial charge in [0.05, 0.1) is 18.6 Å². The lowest BCUT2D eigenvalue weighted by atomic mass is 10.0. The van der Waals surface area contributed by atoms with Crippen LogP contribution >= 0.6 is 0 Å². The van der Waals surface area contributed by atoms with Crippen molar-refractivity contribution in [1.29, 1.82) is 0 Å². The molecule has 2 heterocycles. The van der Waals surface area contributed by atoms with E-state index in [-0.39, 0.29) is 23.8 Å². The second kappa shape index (κ2) is 8.69. The number of ether oxygens (including phenoxy) is 1. The first-order valence-corrected chi connectivity index (χ1v) is 9.83. The van der Waals surface area contributed by atoms with Crippen molar-refractivity contribution in [2.24, 2.45) is 5.92 Å². The SMILES string of the molecule is COc1ccc(C(=O)N[C@@H]2CCC[C@@H]2C(=O)N2CCN(C(C)C)CC2)cn1. The smallest absolute Gasteiger partial charge is 0.253 e. The monoisotopic (exact) mass is 374 g/mol. The Hall–Kier alpha value is -2.15. The number of carbonyl (C=O) groups is 2. The van der Waals surface area contributed by atoms with E-state index in [0.717, 1.165) is 45.4 Å². The number of pyridine rings is 1. The van der Waals surface area contributed by atoms with Gasteiger partial charge in [0, 0.05) is 50.5 Å². The van der Waals surface area contributed by atoms with E-state index < -0.39 is 0 Å². The van der Waals surface area contributed by atoms with Crippen LogP contribution in [0.5, 0.6) is 5.88 Å². The van der Waals surface area contributed by atoms with Crippen LogP contribution in [0.1, 0.15) is 43.5 Å². The molecule has 7 nitrogen and oxygen atoms in total. The highest BCUT2D eigenvalue weighted by atomic mass is 16.5. The number of rotatable bonds is 5. The van der Waals surface area contributed by atoms with Gasteiger partial charge in [-0.1, -0.05) is 6.42 Å². The lowest BCUT2D eigenvalue weighted by molar-refractivity contribution is -0.137. The molecule has 7 heteroatoms. The fourth-order valence-electron chi connectivity index (χ4n) is 4.01. The topological polar surface area (TPSA) is 74.8 Å². The van der Waals surface area contributed by atoms with Gasteiger partial charge in [0.25, 0.3) is 5.91 Å². The summed E-state index contributed by atoms with van der Waals surface area (Å²) in [6.45, 7) is 7.77. The van der Waals surface area contributed by atoms with E-state index in [2.05, 4.69) is 29.0 Å². The van der Waals surface area contributed by atoms with Crippen LogP contribution in [0.3, 0.4) is 0 Å². The van der Waals surface area contributed by atoms with Gasteiger partial charge in [-0.25, -0.2) is 4.98 Å². The summed E-state index contributed by atoms with van der Waals surface area (Å²) in [7, 11) is 1.54. The third kappa shape index (κ3) is 4.58. The Bertz CT molecular complexity index is 654. The van der Waals surface area contributed by atoms with Crippen LogP contribution in [0.2, 0.25) is 0 Å². The van der Waals surface area contributed by atoms with Crippen molar-refractivity contribution < 1.29 is 14.3 Å². The molecule has 0 spiro atoms. The molecule has 1 saturated heterocycles. The minimum atomic E-state index is -0.181. The number of amides is 2. The van der Waals surface area contributed by atoms with E-state index in [1.807, 2.05) is 4.90 Å². The van der Waals surface area contributed by atoms with Crippen molar-refractivity contribution in [3.8, 4) is 5.88 Å². The Morgan fingerprint density at radius 2 is 1.93 bits per heavy atom. The second-order valence-electron chi connectivity index (χ2n) is 7.66. The van der Waals surface area contributed by atoms with Gasteiger partial charge in [-0.05, 0) is 32.8 Å². The first kappa shape index (κ1) is 19.6. The molecule has 2 amide bonds. The first-order chi connectivity index (χ1) is 13.0. The average Bonchev–Trinajstić information content (AvgIpc) is 3.15. The van der Waals surface area contributed by atoms with Gasteiger partial charge in [-0.3, -0.25) is 14.5 Å². The summed E-state index contributed by atoms with van der Waals surface area (Å²) >= 11 is 0. The van der Waals surface area contributed by atoms with Crippen LogP contribution in [0.25, 0.3) is 0 Å². The van der Waals surface area contributed by atoms with Gasteiger partial charge < -0.3 is 15.0 Å². The van der Waals surface area contributed by atoms with E-state index in [1.54, 1.807) is 12.1 Å². The molecule has 2 fully saturated rings. The number of carbonyl (C=O) groups excluding carboxylic acids is 2. The first-order valence-electron chi connectivity index (χ1n) is 9.83. The van der Waals surface area contributed by atoms with Crippen LogP contribution in [0, 0.1) is 5.92 Å². The summed E-state index contributed by atoms with van der Waals surface area (Å²) < 4.78 is 5.02. The molecule has 0 radical (unpaired) electrons. The highest BCUT2D eigenvalue weighted by molar-refractivity contribution is 5.94. The summed E-state index contributed by atoms with van der Waals surface area (Å²) in [6, 6.07) is 3.77. The maximum atomic E-state index is 13.0. The van der Waals surface area contributed by atoms with Gasteiger partial charge in [0.15, 0.2) is 0 Å². The van der Waals surface area contributed by atoms with E-state index in [4.69, 9.17) is 4.74 Å². The van der Waals surface area contributed by atoms with Crippen molar-refractivity contribution >= 4 is 11.8 Å². The summed E-state index contributed by atoms with van der Waals surface area (Å²) in [6.07, 6.45) is 4.16. The summed E-state index contributed by atoms with van der Waals surface area (Å²) in [5.74, 6) is 0.361. The predicted octanol–water partition coefficient (Wildman–Crippen LogP) is 1.54. The van der Waals surface area contributed by atoms with E-state index in [0.29, 0.717) is 17.5 Å². The zero-order valence-corrected chi connectivity index (χ0v) is 16.5. The van der Waals surface area contributed by atoms with Crippen molar-refractivity contribution in [1.82, 2.24) is 20.1 Å². The van der Waals surface area contributed by atoms with E-state index >= 15 is 0 Å². The maximum absolute atomic E-state index is 13.0. The van der Waals surface area contributed by atoms with Crippen LogP contribution in [-0.4, -0.2) is 72.0 Å². The lowest BCUT2D eigenvalue weighted by Gasteiger charge is -2.38. The molecule has 0 bridgehead atoms. The van der Waals surface area contributed by atoms with Gasteiger partial charge in [0.2, 0.25) is 11.8 Å². The molecular formula is C20H30N4O3. The van der Waals surface area contributed by atoms with Crippen molar-refractivity contribution in [2.45, 2.75) is 45.2 Å². The molecular weight excluding hydrogens is 344 g/mol. The zero-order valence-electron chi connectivity index (χ0n) is 16.5. The van der Waals surface area contributed by atoms with Crippen molar-refractivity contribution in [3.63, 3.8) is 0 Å². The molecule has 0 unspecified atom stereocenters. The third-order valence-electron chi connectivity index (χ3n) is 5.71. The Morgan fingerprint density at radius 3 is 2.52 bits per heavy atom. The molecule has 1 aliphatic carbocycles. The Morgan fingerprint density at radius 1 is 1.19 bits per heavy atom.